The number of carbonyl (C=O) groups is 1. The molecule has 21 heavy (non-hydrogen) atoms. The number of aromatic nitrogens is 3. The first-order chi connectivity index (χ1) is 10.3. The van der Waals surface area contributed by atoms with E-state index in [0.29, 0.717) is 0 Å². The highest BCUT2D eigenvalue weighted by molar-refractivity contribution is 7.10. The first-order valence-corrected chi connectivity index (χ1v) is 7.41. The highest BCUT2D eigenvalue weighted by Crippen LogP contribution is 2.25. The molecular weight excluding hydrogens is 284 g/mol. The van der Waals surface area contributed by atoms with Crippen LogP contribution in [0.15, 0.2) is 60.5 Å². The first kappa shape index (κ1) is 13.5. The zero-order chi connectivity index (χ0) is 14.5. The quantitative estimate of drug-likeness (QED) is 0.786. The molecule has 1 amide bonds. The Hall–Kier alpha value is -2.47. The van der Waals surface area contributed by atoms with E-state index in [1.54, 1.807) is 11.3 Å². The van der Waals surface area contributed by atoms with E-state index in [1.807, 2.05) is 47.8 Å². The van der Waals surface area contributed by atoms with Gasteiger partial charge in [0.2, 0.25) is 5.91 Å². The fraction of sp³-hybridized carbons (Fsp3) is 0.133. The summed E-state index contributed by atoms with van der Waals surface area (Å²) in [4.78, 5) is 17.1. The van der Waals surface area contributed by atoms with Gasteiger partial charge in [0.25, 0.3) is 0 Å². The molecule has 0 fully saturated rings. The number of amides is 1. The predicted octanol–water partition coefficient (Wildman–Crippen LogP) is 2.25. The molecule has 0 saturated heterocycles. The molecule has 3 rings (SSSR count). The van der Waals surface area contributed by atoms with Crippen molar-refractivity contribution < 1.29 is 4.79 Å². The van der Waals surface area contributed by atoms with Gasteiger partial charge < -0.3 is 5.32 Å². The zero-order valence-corrected chi connectivity index (χ0v) is 12.0. The number of carbonyl (C=O) groups excluding carboxylic acids is 1. The third-order valence-electron chi connectivity index (χ3n) is 3.04. The number of thiophene rings is 1. The van der Waals surface area contributed by atoms with Crippen molar-refractivity contribution in [1.29, 1.82) is 0 Å². The van der Waals surface area contributed by atoms with Crippen molar-refractivity contribution in [2.75, 3.05) is 0 Å². The van der Waals surface area contributed by atoms with E-state index in [-0.39, 0.29) is 18.5 Å². The number of nitrogens with one attached hydrogen (secondary N) is 1. The van der Waals surface area contributed by atoms with Crippen molar-refractivity contribution in [3.05, 3.63) is 70.9 Å². The maximum atomic E-state index is 12.2. The molecule has 1 N–H and O–H groups in total. The van der Waals surface area contributed by atoms with Crippen molar-refractivity contribution >= 4 is 17.2 Å². The second-order valence-corrected chi connectivity index (χ2v) is 5.50. The Morgan fingerprint density at radius 1 is 1.24 bits per heavy atom. The monoisotopic (exact) mass is 298 g/mol. The van der Waals surface area contributed by atoms with E-state index < -0.39 is 0 Å². The Kier molecular flexibility index (Phi) is 4.07. The van der Waals surface area contributed by atoms with Crippen molar-refractivity contribution in [2.24, 2.45) is 0 Å². The van der Waals surface area contributed by atoms with Crippen LogP contribution in [0.2, 0.25) is 0 Å². The van der Waals surface area contributed by atoms with Crippen LogP contribution in [0.1, 0.15) is 16.5 Å². The van der Waals surface area contributed by atoms with Gasteiger partial charge in [-0.05, 0) is 17.0 Å². The van der Waals surface area contributed by atoms with Crippen molar-refractivity contribution in [3.8, 4) is 0 Å². The minimum Gasteiger partial charge on any atom is -0.343 e. The van der Waals surface area contributed by atoms with Gasteiger partial charge in [0.1, 0.15) is 19.2 Å². The fourth-order valence-electron chi connectivity index (χ4n) is 2.09. The van der Waals surface area contributed by atoms with Crippen LogP contribution in [-0.4, -0.2) is 20.7 Å². The summed E-state index contributed by atoms with van der Waals surface area (Å²) in [5, 5.41) is 9.01. The van der Waals surface area contributed by atoms with Crippen LogP contribution in [0.3, 0.4) is 0 Å². The van der Waals surface area contributed by atoms with Crippen LogP contribution in [-0.2, 0) is 11.3 Å². The molecule has 5 nitrogen and oxygen atoms in total. The van der Waals surface area contributed by atoms with Crippen molar-refractivity contribution in [3.63, 3.8) is 0 Å². The lowest BCUT2D eigenvalue weighted by atomic mass is 10.1. The molecule has 106 valence electrons. The molecule has 3 aromatic rings. The van der Waals surface area contributed by atoms with Crippen LogP contribution < -0.4 is 5.32 Å². The van der Waals surface area contributed by atoms with Gasteiger partial charge in [-0.1, -0.05) is 36.4 Å². The predicted molar refractivity (Wildman–Crippen MR) is 80.8 cm³/mol. The molecule has 2 heterocycles. The minimum absolute atomic E-state index is 0.0947. The van der Waals surface area contributed by atoms with E-state index in [0.717, 1.165) is 10.4 Å². The van der Waals surface area contributed by atoms with Crippen LogP contribution in [0, 0.1) is 0 Å². The summed E-state index contributed by atoms with van der Waals surface area (Å²) in [6, 6.07) is 13.8. The van der Waals surface area contributed by atoms with E-state index in [1.165, 1.54) is 17.3 Å². The third kappa shape index (κ3) is 3.35. The molecular formula is C15H14N4OS. The maximum absolute atomic E-state index is 12.2. The standard InChI is InChI=1S/C15H14N4OS/c20-14(9-19-11-16-10-17-19)18-15(13-7-4-8-21-13)12-5-2-1-3-6-12/h1-8,10-11,15H,9H2,(H,18,20)/t15-/m1/s1. The summed E-state index contributed by atoms with van der Waals surface area (Å²) in [6.45, 7) is 0.161. The lowest BCUT2D eigenvalue weighted by Gasteiger charge is -2.18. The number of hydrogen-bond acceptors (Lipinski definition) is 4. The molecule has 0 bridgehead atoms. The Morgan fingerprint density at radius 2 is 2.10 bits per heavy atom. The topological polar surface area (TPSA) is 59.8 Å². The molecule has 0 saturated carbocycles. The van der Waals surface area contributed by atoms with Gasteiger partial charge in [-0.15, -0.1) is 11.3 Å². The zero-order valence-electron chi connectivity index (χ0n) is 11.2. The Morgan fingerprint density at radius 3 is 2.76 bits per heavy atom. The second kappa shape index (κ2) is 6.32. The van der Waals surface area contributed by atoms with E-state index in [2.05, 4.69) is 15.4 Å². The molecule has 0 unspecified atom stereocenters. The number of hydrogen-bond donors (Lipinski definition) is 1. The third-order valence-corrected chi connectivity index (χ3v) is 3.98. The Labute approximate surface area is 126 Å². The van der Waals surface area contributed by atoms with Gasteiger partial charge >= 0.3 is 0 Å². The van der Waals surface area contributed by atoms with Gasteiger partial charge in [0, 0.05) is 4.88 Å². The Bertz CT molecular complexity index is 680. The van der Waals surface area contributed by atoms with Gasteiger partial charge in [0.05, 0.1) is 6.04 Å². The summed E-state index contributed by atoms with van der Waals surface area (Å²) >= 11 is 1.63. The van der Waals surface area contributed by atoms with Crippen LogP contribution in [0.5, 0.6) is 0 Å². The van der Waals surface area contributed by atoms with Gasteiger partial charge in [-0.3, -0.25) is 4.79 Å². The van der Waals surface area contributed by atoms with Gasteiger partial charge in [-0.2, -0.15) is 5.10 Å². The second-order valence-electron chi connectivity index (χ2n) is 4.52. The molecule has 0 aliphatic rings. The van der Waals surface area contributed by atoms with Crippen LogP contribution in [0.25, 0.3) is 0 Å². The largest absolute Gasteiger partial charge is 0.343 e. The lowest BCUT2D eigenvalue weighted by molar-refractivity contribution is -0.122. The molecule has 2 aromatic heterocycles. The molecule has 0 aliphatic heterocycles. The smallest absolute Gasteiger partial charge is 0.242 e. The molecule has 1 atom stereocenters. The highest BCUT2D eigenvalue weighted by atomic mass is 32.1. The highest BCUT2D eigenvalue weighted by Gasteiger charge is 2.17. The number of nitrogens with zero attached hydrogens (tertiary/aromatic N) is 3. The van der Waals surface area contributed by atoms with Crippen LogP contribution in [0.4, 0.5) is 0 Å². The molecule has 1 aromatic carbocycles. The first-order valence-electron chi connectivity index (χ1n) is 6.53. The fourth-order valence-corrected chi connectivity index (χ4v) is 2.89. The summed E-state index contributed by atoms with van der Waals surface area (Å²) in [6.07, 6.45) is 2.95. The molecule has 0 aliphatic carbocycles. The average molecular weight is 298 g/mol. The summed E-state index contributed by atoms with van der Waals surface area (Å²) in [5.41, 5.74) is 1.06. The lowest BCUT2D eigenvalue weighted by Crippen LogP contribution is -2.32. The van der Waals surface area contributed by atoms with Crippen molar-refractivity contribution in [2.45, 2.75) is 12.6 Å². The Balaban J connectivity index is 1.78. The van der Waals surface area contributed by atoms with E-state index in [4.69, 9.17) is 0 Å². The minimum atomic E-state index is -0.137. The number of rotatable bonds is 5. The maximum Gasteiger partial charge on any atom is 0.242 e. The summed E-state index contributed by atoms with van der Waals surface area (Å²) in [5.74, 6) is -0.0947. The van der Waals surface area contributed by atoms with Gasteiger partial charge in [0.15, 0.2) is 0 Å². The average Bonchev–Trinajstić information content (AvgIpc) is 3.19. The van der Waals surface area contributed by atoms with Gasteiger partial charge in [-0.25, -0.2) is 9.67 Å². The number of benzene rings is 1. The molecule has 0 spiro atoms. The normalized spacial score (nSPS) is 12.0. The van der Waals surface area contributed by atoms with Crippen LogP contribution >= 0.6 is 11.3 Å². The van der Waals surface area contributed by atoms with E-state index >= 15 is 0 Å². The van der Waals surface area contributed by atoms with Crippen molar-refractivity contribution in [1.82, 2.24) is 20.1 Å². The SMILES string of the molecule is O=C(Cn1cncn1)N[C@H](c1ccccc1)c1cccs1. The summed E-state index contributed by atoms with van der Waals surface area (Å²) < 4.78 is 1.51. The summed E-state index contributed by atoms with van der Waals surface area (Å²) in [7, 11) is 0. The molecule has 0 radical (unpaired) electrons. The van der Waals surface area contributed by atoms with E-state index in [9.17, 15) is 4.79 Å². The molecule has 6 heteroatoms.